The minimum Gasteiger partial charge on any atom is -0.457 e. The minimum absolute atomic E-state index is 0.00679. The molecule has 1 N–H and O–H groups in total. The highest BCUT2D eigenvalue weighted by atomic mass is 19.4. The summed E-state index contributed by atoms with van der Waals surface area (Å²) in [5.74, 6) is -0.566. The molecule has 9 nitrogen and oxygen atoms in total. The molecule has 0 atom stereocenters. The van der Waals surface area contributed by atoms with Gasteiger partial charge in [-0.2, -0.15) is 18.3 Å². The molecule has 2 heterocycles. The van der Waals surface area contributed by atoms with Crippen LogP contribution in [0.25, 0.3) is 0 Å². The fourth-order valence-corrected chi connectivity index (χ4v) is 3.45. The molecule has 0 spiro atoms. The first-order chi connectivity index (χ1) is 17.0. The number of hydrogen-bond donors (Lipinski definition) is 1. The van der Waals surface area contributed by atoms with E-state index >= 15 is 0 Å². The molecule has 0 aliphatic carbocycles. The first-order valence-electron chi connectivity index (χ1n) is 10.5. The topological polar surface area (TPSA) is 112 Å². The lowest BCUT2D eigenvalue weighted by Crippen LogP contribution is -2.11. The molecule has 0 fully saturated rings. The maximum atomic E-state index is 13.0. The van der Waals surface area contributed by atoms with Crippen LogP contribution in [-0.2, 0) is 12.7 Å². The number of benzene rings is 2. The predicted octanol–water partition coefficient (Wildman–Crippen LogP) is 6.11. The van der Waals surface area contributed by atoms with Crippen molar-refractivity contribution in [3.05, 3.63) is 99.2 Å². The first kappa shape index (κ1) is 24.5. The number of nitro benzene ring substituents is 1. The average molecular weight is 500 g/mol. The molecule has 12 heteroatoms. The molecule has 0 unspecified atom stereocenters. The van der Waals surface area contributed by atoms with Crippen LogP contribution in [0.3, 0.4) is 0 Å². The number of non-ortho nitro benzene ring substituents is 1. The second-order valence-corrected chi connectivity index (χ2v) is 7.91. The molecular weight excluding hydrogens is 481 g/mol. The number of nitrogens with zero attached hydrogens (tertiary/aromatic N) is 3. The summed E-state index contributed by atoms with van der Waals surface area (Å²) in [4.78, 5) is 23.3. The SMILES string of the molecule is Cc1cc(C)n(Cc2ccc(C(=O)Nc3cc(Oc4cccc(C(F)(F)F)c4)cc([N+](=O)[O-])c3)o2)n1. The Morgan fingerprint density at radius 2 is 1.89 bits per heavy atom. The smallest absolute Gasteiger partial charge is 0.416 e. The number of ether oxygens (including phenoxy) is 1. The Hall–Kier alpha value is -4.61. The van der Waals surface area contributed by atoms with Gasteiger partial charge in [-0.15, -0.1) is 0 Å². The zero-order valence-corrected chi connectivity index (χ0v) is 19.0. The highest BCUT2D eigenvalue weighted by Crippen LogP contribution is 2.34. The Kier molecular flexibility index (Phi) is 6.51. The van der Waals surface area contributed by atoms with E-state index < -0.39 is 28.3 Å². The molecule has 4 aromatic rings. The van der Waals surface area contributed by atoms with Crippen LogP contribution in [0, 0.1) is 24.0 Å². The molecule has 1 amide bonds. The quantitative estimate of drug-likeness (QED) is 0.242. The van der Waals surface area contributed by atoms with E-state index in [4.69, 9.17) is 9.15 Å². The molecule has 0 saturated heterocycles. The van der Waals surface area contributed by atoms with Crippen molar-refractivity contribution in [3.8, 4) is 11.5 Å². The number of furan rings is 1. The molecule has 186 valence electrons. The van der Waals surface area contributed by atoms with Crippen LogP contribution < -0.4 is 10.1 Å². The Bertz CT molecular complexity index is 1440. The Morgan fingerprint density at radius 1 is 1.11 bits per heavy atom. The zero-order chi connectivity index (χ0) is 26.0. The van der Waals surface area contributed by atoms with Crippen LogP contribution in [-0.4, -0.2) is 20.6 Å². The number of carbonyl (C=O) groups excluding carboxylic acids is 1. The number of nitrogens with one attached hydrogen (secondary N) is 1. The van der Waals surface area contributed by atoms with Crippen molar-refractivity contribution in [2.24, 2.45) is 0 Å². The normalized spacial score (nSPS) is 11.4. The second kappa shape index (κ2) is 9.56. The summed E-state index contributed by atoms with van der Waals surface area (Å²) in [5.41, 5.74) is 0.380. The van der Waals surface area contributed by atoms with Crippen molar-refractivity contribution in [3.63, 3.8) is 0 Å². The van der Waals surface area contributed by atoms with Gasteiger partial charge in [0.25, 0.3) is 11.6 Å². The van der Waals surface area contributed by atoms with Gasteiger partial charge in [0.1, 0.15) is 17.3 Å². The van der Waals surface area contributed by atoms with E-state index in [2.05, 4.69) is 10.4 Å². The fourth-order valence-electron chi connectivity index (χ4n) is 3.45. The predicted molar refractivity (Wildman–Crippen MR) is 122 cm³/mol. The number of alkyl halides is 3. The summed E-state index contributed by atoms with van der Waals surface area (Å²) in [6, 6.07) is 12.4. The zero-order valence-electron chi connectivity index (χ0n) is 19.0. The lowest BCUT2D eigenvalue weighted by molar-refractivity contribution is -0.384. The monoisotopic (exact) mass is 500 g/mol. The van der Waals surface area contributed by atoms with Gasteiger partial charge < -0.3 is 14.5 Å². The molecule has 0 saturated carbocycles. The number of rotatable bonds is 7. The van der Waals surface area contributed by atoms with Gasteiger partial charge in [-0.1, -0.05) is 6.07 Å². The van der Waals surface area contributed by atoms with Crippen molar-refractivity contribution in [1.29, 1.82) is 0 Å². The minimum atomic E-state index is -4.59. The number of carbonyl (C=O) groups is 1. The number of aryl methyl sites for hydroxylation is 2. The maximum Gasteiger partial charge on any atom is 0.416 e. The molecule has 4 rings (SSSR count). The van der Waals surface area contributed by atoms with Crippen LogP contribution in [0.1, 0.15) is 33.3 Å². The van der Waals surface area contributed by atoms with Gasteiger partial charge in [0, 0.05) is 17.8 Å². The number of halogens is 3. The number of aromatic nitrogens is 2. The average Bonchev–Trinajstić information content (AvgIpc) is 3.39. The summed E-state index contributed by atoms with van der Waals surface area (Å²) in [5, 5.41) is 18.2. The maximum absolute atomic E-state index is 13.0. The van der Waals surface area contributed by atoms with Crippen LogP contribution >= 0.6 is 0 Å². The third-order valence-electron chi connectivity index (χ3n) is 5.05. The third kappa shape index (κ3) is 5.71. The van der Waals surface area contributed by atoms with Crippen molar-refractivity contribution in [2.75, 3.05) is 5.32 Å². The first-order valence-corrected chi connectivity index (χ1v) is 10.5. The van der Waals surface area contributed by atoms with Crippen LogP contribution in [0.4, 0.5) is 24.5 Å². The summed E-state index contributed by atoms with van der Waals surface area (Å²) in [6.45, 7) is 4.05. The van der Waals surface area contributed by atoms with E-state index in [-0.39, 0.29) is 22.9 Å². The van der Waals surface area contributed by atoms with Crippen molar-refractivity contribution < 1.29 is 32.0 Å². The largest absolute Gasteiger partial charge is 0.457 e. The van der Waals surface area contributed by atoms with Gasteiger partial charge in [0.05, 0.1) is 34.5 Å². The lowest BCUT2D eigenvalue weighted by atomic mass is 10.2. The Morgan fingerprint density at radius 3 is 2.56 bits per heavy atom. The third-order valence-corrected chi connectivity index (χ3v) is 5.05. The summed E-state index contributed by atoms with van der Waals surface area (Å²) >= 11 is 0. The van der Waals surface area contributed by atoms with E-state index in [1.807, 2.05) is 19.9 Å². The molecular formula is C24H19F3N4O5. The number of nitro groups is 1. The van der Waals surface area contributed by atoms with E-state index in [1.165, 1.54) is 18.2 Å². The van der Waals surface area contributed by atoms with Crippen LogP contribution in [0.2, 0.25) is 0 Å². The fraction of sp³-hybridized carbons (Fsp3) is 0.167. The van der Waals surface area contributed by atoms with E-state index in [9.17, 15) is 28.1 Å². The lowest BCUT2D eigenvalue weighted by Gasteiger charge is -2.11. The van der Waals surface area contributed by atoms with E-state index in [1.54, 1.807) is 10.7 Å². The van der Waals surface area contributed by atoms with Gasteiger partial charge >= 0.3 is 6.18 Å². The standard InChI is InChI=1S/C24H19F3N4O5/c1-14-8-15(2)30(29-14)13-20-6-7-22(36-20)23(32)28-17-10-18(31(33)34)12-21(11-17)35-19-5-3-4-16(9-19)24(25,26)27/h3-12H,13H2,1-2H3,(H,28,32). The molecule has 36 heavy (non-hydrogen) atoms. The highest BCUT2D eigenvalue weighted by molar-refractivity contribution is 6.02. The van der Waals surface area contributed by atoms with Crippen LogP contribution in [0.5, 0.6) is 11.5 Å². The molecule has 0 aliphatic rings. The van der Waals surface area contributed by atoms with Crippen molar-refractivity contribution in [2.45, 2.75) is 26.6 Å². The summed E-state index contributed by atoms with van der Waals surface area (Å²) in [7, 11) is 0. The molecule has 0 radical (unpaired) electrons. The molecule has 0 bridgehead atoms. The molecule has 2 aromatic heterocycles. The summed E-state index contributed by atoms with van der Waals surface area (Å²) in [6.07, 6.45) is -4.59. The van der Waals surface area contributed by atoms with Crippen molar-refractivity contribution in [1.82, 2.24) is 9.78 Å². The van der Waals surface area contributed by atoms with Crippen LogP contribution in [0.15, 0.2) is 65.1 Å². The van der Waals surface area contributed by atoms with Gasteiger partial charge in [-0.05, 0) is 50.2 Å². The van der Waals surface area contributed by atoms with Crippen molar-refractivity contribution >= 4 is 17.3 Å². The van der Waals surface area contributed by atoms with Gasteiger partial charge in [-0.25, -0.2) is 0 Å². The second-order valence-electron chi connectivity index (χ2n) is 7.91. The summed E-state index contributed by atoms with van der Waals surface area (Å²) < 4.78 is 51.7. The Labute approximate surface area is 202 Å². The number of amides is 1. The molecule has 2 aromatic carbocycles. The highest BCUT2D eigenvalue weighted by Gasteiger charge is 2.30. The molecule has 0 aliphatic heterocycles. The van der Waals surface area contributed by atoms with E-state index in [0.29, 0.717) is 12.3 Å². The van der Waals surface area contributed by atoms with Gasteiger partial charge in [-0.3, -0.25) is 19.6 Å². The number of anilines is 1. The Balaban J connectivity index is 1.53. The van der Waals surface area contributed by atoms with E-state index in [0.717, 1.165) is 41.7 Å². The van der Waals surface area contributed by atoms with Gasteiger partial charge in [0.15, 0.2) is 5.76 Å². The van der Waals surface area contributed by atoms with Gasteiger partial charge in [0.2, 0.25) is 0 Å². The number of hydrogen-bond acceptors (Lipinski definition) is 6.